The molecule has 1 aromatic carbocycles. The number of nitrogens with one attached hydrogen (secondary N) is 1. The van der Waals surface area contributed by atoms with E-state index in [0.29, 0.717) is 16.9 Å². The molecule has 0 saturated carbocycles. The van der Waals surface area contributed by atoms with Gasteiger partial charge in [-0.3, -0.25) is 9.78 Å². The second kappa shape index (κ2) is 6.75. The number of likely N-dealkylation sites (N-methyl/N-ethyl adjacent to an activating group) is 1. The van der Waals surface area contributed by atoms with Gasteiger partial charge in [0.1, 0.15) is 5.82 Å². The van der Waals surface area contributed by atoms with E-state index in [0.717, 1.165) is 26.2 Å². The first-order chi connectivity index (χ1) is 11.1. The lowest BCUT2D eigenvalue weighted by Crippen LogP contribution is -2.47. The van der Waals surface area contributed by atoms with E-state index in [1.165, 1.54) is 12.1 Å². The van der Waals surface area contributed by atoms with Crippen molar-refractivity contribution < 1.29 is 9.18 Å². The summed E-state index contributed by atoms with van der Waals surface area (Å²) >= 11 is 0. The molecule has 2 heterocycles. The molecule has 120 valence electrons. The van der Waals surface area contributed by atoms with Crippen LogP contribution in [0.1, 0.15) is 10.4 Å². The highest BCUT2D eigenvalue weighted by atomic mass is 19.1. The van der Waals surface area contributed by atoms with Crippen LogP contribution in [0.15, 0.2) is 42.7 Å². The number of anilines is 2. The van der Waals surface area contributed by atoms with Gasteiger partial charge in [0, 0.05) is 38.1 Å². The molecule has 1 aromatic heterocycles. The van der Waals surface area contributed by atoms with Gasteiger partial charge in [-0.2, -0.15) is 0 Å². The van der Waals surface area contributed by atoms with Crippen molar-refractivity contribution in [2.75, 3.05) is 38.5 Å². The molecule has 0 unspecified atom stereocenters. The van der Waals surface area contributed by atoms with Gasteiger partial charge in [0.05, 0.1) is 17.4 Å². The lowest BCUT2D eigenvalue weighted by atomic mass is 10.2. The number of hydrogen-bond donors (Lipinski definition) is 1. The fraction of sp³-hybridized carbons (Fsp3) is 0.294. The standard InChI is InChI=1S/C17H19FN4O/c1-21-5-7-22(8-6-21)17(23)13-9-16(12-19-11-13)20-15-4-2-3-14(18)10-15/h2-4,9-12,20H,5-8H2,1H3. The summed E-state index contributed by atoms with van der Waals surface area (Å²) in [6, 6.07) is 7.92. The normalized spacial score (nSPS) is 15.5. The Balaban J connectivity index is 1.73. The van der Waals surface area contributed by atoms with Gasteiger partial charge in [0.25, 0.3) is 5.91 Å². The number of halogens is 1. The van der Waals surface area contributed by atoms with E-state index in [1.807, 2.05) is 11.9 Å². The third-order valence-corrected chi connectivity index (χ3v) is 3.89. The number of amides is 1. The van der Waals surface area contributed by atoms with Crippen LogP contribution in [0.25, 0.3) is 0 Å². The van der Waals surface area contributed by atoms with Crippen molar-refractivity contribution in [1.29, 1.82) is 0 Å². The summed E-state index contributed by atoms with van der Waals surface area (Å²) in [5, 5.41) is 3.07. The lowest BCUT2D eigenvalue weighted by molar-refractivity contribution is 0.0663. The third kappa shape index (κ3) is 3.84. The number of carbonyl (C=O) groups is 1. The van der Waals surface area contributed by atoms with Crippen LogP contribution < -0.4 is 5.32 Å². The molecule has 0 radical (unpaired) electrons. The van der Waals surface area contributed by atoms with E-state index in [-0.39, 0.29) is 11.7 Å². The second-order valence-corrected chi connectivity index (χ2v) is 5.69. The summed E-state index contributed by atoms with van der Waals surface area (Å²) in [6.07, 6.45) is 3.18. The van der Waals surface area contributed by atoms with Gasteiger partial charge >= 0.3 is 0 Å². The van der Waals surface area contributed by atoms with Crippen LogP contribution in [-0.4, -0.2) is 53.9 Å². The third-order valence-electron chi connectivity index (χ3n) is 3.89. The molecule has 1 amide bonds. The highest BCUT2D eigenvalue weighted by Crippen LogP contribution is 2.18. The van der Waals surface area contributed by atoms with Gasteiger partial charge in [-0.25, -0.2) is 4.39 Å². The molecule has 1 fully saturated rings. The molecule has 2 aromatic rings. The van der Waals surface area contributed by atoms with E-state index in [2.05, 4.69) is 15.2 Å². The smallest absolute Gasteiger partial charge is 0.255 e. The SMILES string of the molecule is CN1CCN(C(=O)c2cncc(Nc3cccc(F)c3)c2)CC1. The van der Waals surface area contributed by atoms with Crippen molar-refractivity contribution in [1.82, 2.24) is 14.8 Å². The lowest BCUT2D eigenvalue weighted by Gasteiger charge is -2.32. The first kappa shape index (κ1) is 15.4. The predicted molar refractivity (Wildman–Crippen MR) is 87.3 cm³/mol. The molecule has 1 N–H and O–H groups in total. The summed E-state index contributed by atoms with van der Waals surface area (Å²) in [4.78, 5) is 20.7. The Labute approximate surface area is 134 Å². The Kier molecular flexibility index (Phi) is 4.52. The van der Waals surface area contributed by atoms with Crippen LogP contribution in [0, 0.1) is 5.82 Å². The molecule has 1 saturated heterocycles. The number of rotatable bonds is 3. The van der Waals surface area contributed by atoms with Gasteiger partial charge in [-0.05, 0) is 31.3 Å². The minimum absolute atomic E-state index is 0.0199. The Morgan fingerprint density at radius 2 is 1.91 bits per heavy atom. The van der Waals surface area contributed by atoms with Crippen LogP contribution in [0.4, 0.5) is 15.8 Å². The van der Waals surface area contributed by atoms with Crippen molar-refractivity contribution in [2.45, 2.75) is 0 Å². The van der Waals surface area contributed by atoms with Crippen molar-refractivity contribution >= 4 is 17.3 Å². The van der Waals surface area contributed by atoms with E-state index in [9.17, 15) is 9.18 Å². The van der Waals surface area contributed by atoms with Crippen LogP contribution >= 0.6 is 0 Å². The van der Waals surface area contributed by atoms with Crippen LogP contribution in [0.5, 0.6) is 0 Å². The number of piperazine rings is 1. The molecule has 3 rings (SSSR count). The van der Waals surface area contributed by atoms with Gasteiger partial charge in [0.2, 0.25) is 0 Å². The summed E-state index contributed by atoms with van der Waals surface area (Å²) in [5.74, 6) is -0.332. The number of pyridine rings is 1. The van der Waals surface area contributed by atoms with E-state index in [1.54, 1.807) is 30.6 Å². The molecule has 5 nitrogen and oxygen atoms in total. The number of nitrogens with zero attached hydrogens (tertiary/aromatic N) is 3. The van der Waals surface area contributed by atoms with E-state index >= 15 is 0 Å². The first-order valence-electron chi connectivity index (χ1n) is 7.57. The Morgan fingerprint density at radius 3 is 2.65 bits per heavy atom. The maximum Gasteiger partial charge on any atom is 0.255 e. The number of hydrogen-bond acceptors (Lipinski definition) is 4. The largest absolute Gasteiger partial charge is 0.354 e. The monoisotopic (exact) mass is 314 g/mol. The molecule has 0 spiro atoms. The molecule has 0 atom stereocenters. The zero-order chi connectivity index (χ0) is 16.2. The summed E-state index contributed by atoms with van der Waals surface area (Å²) in [5.41, 5.74) is 1.82. The highest BCUT2D eigenvalue weighted by molar-refractivity contribution is 5.95. The maximum atomic E-state index is 13.2. The number of carbonyl (C=O) groups excluding carboxylic acids is 1. The fourth-order valence-electron chi connectivity index (χ4n) is 2.55. The predicted octanol–water partition coefficient (Wildman–Crippen LogP) is 2.35. The highest BCUT2D eigenvalue weighted by Gasteiger charge is 2.20. The number of aromatic nitrogens is 1. The topological polar surface area (TPSA) is 48.5 Å². The first-order valence-corrected chi connectivity index (χ1v) is 7.57. The summed E-state index contributed by atoms with van der Waals surface area (Å²) in [6.45, 7) is 3.19. The Bertz CT molecular complexity index is 698. The number of benzene rings is 1. The average Bonchev–Trinajstić information content (AvgIpc) is 2.55. The van der Waals surface area contributed by atoms with Gasteiger partial charge in [-0.1, -0.05) is 6.07 Å². The van der Waals surface area contributed by atoms with Gasteiger partial charge in [-0.15, -0.1) is 0 Å². The van der Waals surface area contributed by atoms with Crippen molar-refractivity contribution in [3.63, 3.8) is 0 Å². The molecule has 0 aliphatic carbocycles. The van der Waals surface area contributed by atoms with Crippen LogP contribution in [-0.2, 0) is 0 Å². The Hall–Kier alpha value is -2.47. The molecular formula is C17H19FN4O. The van der Waals surface area contributed by atoms with Crippen molar-refractivity contribution in [3.8, 4) is 0 Å². The zero-order valence-electron chi connectivity index (χ0n) is 13.0. The molecule has 23 heavy (non-hydrogen) atoms. The second-order valence-electron chi connectivity index (χ2n) is 5.69. The quantitative estimate of drug-likeness (QED) is 0.945. The zero-order valence-corrected chi connectivity index (χ0v) is 13.0. The van der Waals surface area contributed by atoms with Gasteiger partial charge in [0.15, 0.2) is 0 Å². The molecule has 6 heteroatoms. The summed E-state index contributed by atoms with van der Waals surface area (Å²) in [7, 11) is 2.05. The maximum absolute atomic E-state index is 13.2. The van der Waals surface area contributed by atoms with E-state index < -0.39 is 0 Å². The minimum atomic E-state index is -0.312. The molecular weight excluding hydrogens is 295 g/mol. The Morgan fingerprint density at radius 1 is 1.13 bits per heavy atom. The summed E-state index contributed by atoms with van der Waals surface area (Å²) < 4.78 is 13.2. The average molecular weight is 314 g/mol. The molecule has 1 aliphatic heterocycles. The van der Waals surface area contributed by atoms with E-state index in [4.69, 9.17) is 0 Å². The fourth-order valence-corrected chi connectivity index (χ4v) is 2.55. The molecule has 0 bridgehead atoms. The minimum Gasteiger partial charge on any atom is -0.354 e. The van der Waals surface area contributed by atoms with Crippen LogP contribution in [0.2, 0.25) is 0 Å². The van der Waals surface area contributed by atoms with Crippen molar-refractivity contribution in [2.24, 2.45) is 0 Å². The molecule has 1 aliphatic rings. The van der Waals surface area contributed by atoms with Crippen molar-refractivity contribution in [3.05, 3.63) is 54.1 Å². The van der Waals surface area contributed by atoms with Gasteiger partial charge < -0.3 is 15.1 Å². The van der Waals surface area contributed by atoms with Crippen LogP contribution in [0.3, 0.4) is 0 Å².